The van der Waals surface area contributed by atoms with Crippen molar-refractivity contribution in [3.63, 3.8) is 0 Å². The van der Waals surface area contributed by atoms with Crippen molar-refractivity contribution in [2.75, 3.05) is 65.5 Å². The highest BCUT2D eigenvalue weighted by Gasteiger charge is 2.21. The number of hydrogen-bond acceptors (Lipinski definition) is 9. The summed E-state index contributed by atoms with van der Waals surface area (Å²) >= 11 is 0. The summed E-state index contributed by atoms with van der Waals surface area (Å²) in [6.07, 6.45) is 2.07. The number of nitrogens with one attached hydrogen (secondary N) is 1. The zero-order valence-corrected chi connectivity index (χ0v) is 23.1. The van der Waals surface area contributed by atoms with Crippen LogP contribution in [0.25, 0.3) is 10.9 Å². The molecule has 0 aliphatic carbocycles. The first-order valence-electron chi connectivity index (χ1n) is 12.7. The molecule has 1 aliphatic rings. The summed E-state index contributed by atoms with van der Waals surface area (Å²) in [6, 6.07) is 5.38. The summed E-state index contributed by atoms with van der Waals surface area (Å²) in [7, 11) is 1.86. The third-order valence-corrected chi connectivity index (χ3v) is 5.66. The van der Waals surface area contributed by atoms with E-state index in [1.165, 1.54) is 0 Å². The molecule has 0 radical (unpaired) electrons. The fourth-order valence-electron chi connectivity index (χ4n) is 3.34. The second-order valence-corrected chi connectivity index (χ2v) is 9.14. The number of rotatable bonds is 10. The fourth-order valence-corrected chi connectivity index (χ4v) is 3.34. The van der Waals surface area contributed by atoms with Crippen LogP contribution in [0.2, 0.25) is 0 Å². The molecule has 1 aromatic heterocycles. The highest BCUT2D eigenvalue weighted by molar-refractivity contribution is 6.06. The Morgan fingerprint density at radius 2 is 1.97 bits per heavy atom. The van der Waals surface area contributed by atoms with E-state index in [4.69, 9.17) is 19.9 Å². The van der Waals surface area contributed by atoms with Crippen LogP contribution < -0.4 is 15.8 Å². The maximum atomic E-state index is 11.4. The van der Waals surface area contributed by atoms with Crippen LogP contribution in [0.3, 0.4) is 0 Å². The van der Waals surface area contributed by atoms with Gasteiger partial charge >= 0.3 is 5.97 Å². The number of carboxylic acids is 1. The second-order valence-electron chi connectivity index (χ2n) is 9.14. The third kappa shape index (κ3) is 11.0. The molecule has 2 aromatic rings. The van der Waals surface area contributed by atoms with Crippen LogP contribution in [0.1, 0.15) is 50.2 Å². The maximum Gasteiger partial charge on any atom is 0.339 e. The van der Waals surface area contributed by atoms with E-state index in [1.807, 2.05) is 33.9 Å². The van der Waals surface area contributed by atoms with Gasteiger partial charge in [-0.3, -0.25) is 9.88 Å². The number of pyridine rings is 1. The summed E-state index contributed by atoms with van der Waals surface area (Å²) in [4.78, 5) is 27.8. The second kappa shape index (κ2) is 16.9. The number of fused-ring (bicyclic) bond motifs is 1. The van der Waals surface area contributed by atoms with E-state index in [2.05, 4.69) is 22.1 Å². The highest BCUT2D eigenvalue weighted by Crippen LogP contribution is 2.33. The Morgan fingerprint density at radius 1 is 1.30 bits per heavy atom. The van der Waals surface area contributed by atoms with Gasteiger partial charge in [0.2, 0.25) is 0 Å². The molecule has 1 saturated heterocycles. The zero-order valence-electron chi connectivity index (χ0n) is 23.1. The van der Waals surface area contributed by atoms with E-state index >= 15 is 0 Å². The molecule has 4 N–H and O–H groups in total. The van der Waals surface area contributed by atoms with Crippen LogP contribution in [-0.4, -0.2) is 92.5 Å². The number of carbonyl (C=O) groups is 2. The summed E-state index contributed by atoms with van der Waals surface area (Å²) in [5.74, 6) is -0.553. The smallest absolute Gasteiger partial charge is 0.339 e. The third-order valence-electron chi connectivity index (χ3n) is 5.66. The normalized spacial score (nSPS) is 13.7. The van der Waals surface area contributed by atoms with Crippen molar-refractivity contribution in [3.8, 4) is 5.75 Å². The van der Waals surface area contributed by atoms with Gasteiger partial charge in [-0.2, -0.15) is 0 Å². The van der Waals surface area contributed by atoms with Crippen molar-refractivity contribution in [3.05, 3.63) is 29.5 Å². The van der Waals surface area contributed by atoms with Gasteiger partial charge in [-0.1, -0.05) is 13.0 Å². The average Bonchev–Trinajstić information content (AvgIpc) is 2.87. The molecule has 1 fully saturated rings. The van der Waals surface area contributed by atoms with E-state index in [0.29, 0.717) is 35.5 Å². The molecule has 208 valence electrons. The largest absolute Gasteiger partial charge is 0.491 e. The van der Waals surface area contributed by atoms with Crippen molar-refractivity contribution in [1.82, 2.24) is 15.2 Å². The van der Waals surface area contributed by atoms with Gasteiger partial charge in [0.05, 0.1) is 42.0 Å². The number of morpholine rings is 1. The van der Waals surface area contributed by atoms with Gasteiger partial charge in [-0.25, -0.2) is 4.79 Å². The van der Waals surface area contributed by atoms with E-state index in [0.717, 1.165) is 52.2 Å². The van der Waals surface area contributed by atoms with E-state index in [1.54, 1.807) is 19.1 Å². The quantitative estimate of drug-likeness (QED) is 0.316. The highest BCUT2D eigenvalue weighted by atomic mass is 16.5. The van der Waals surface area contributed by atoms with E-state index < -0.39 is 5.97 Å². The molecule has 1 aromatic carbocycles. The zero-order chi connectivity index (χ0) is 27.8. The van der Waals surface area contributed by atoms with Gasteiger partial charge in [-0.05, 0) is 53.3 Å². The van der Waals surface area contributed by atoms with Crippen LogP contribution >= 0.6 is 0 Å². The number of aromatic nitrogens is 1. The van der Waals surface area contributed by atoms with Gasteiger partial charge < -0.3 is 35.2 Å². The number of hydrogen-bond donors (Lipinski definition) is 3. The number of anilines is 1. The molecule has 0 spiro atoms. The maximum absolute atomic E-state index is 11.4. The lowest BCUT2D eigenvalue weighted by Gasteiger charge is -2.24. The number of benzene rings is 1. The molecule has 10 nitrogen and oxygen atoms in total. The first-order valence-corrected chi connectivity index (χ1v) is 12.7. The lowest BCUT2D eigenvalue weighted by atomic mass is 10.1. The Bertz CT molecular complexity index is 973. The number of carbonyl (C=O) groups excluding carboxylic acids is 1. The number of aryl methyl sites for hydroxylation is 1. The van der Waals surface area contributed by atoms with Crippen LogP contribution in [0.4, 0.5) is 5.69 Å². The predicted molar refractivity (Wildman–Crippen MR) is 147 cm³/mol. The summed E-state index contributed by atoms with van der Waals surface area (Å²) < 4.78 is 15.9. The SMILES string of the molecule is CCCOCC.CNC(C)(C)COc1cccc2nc(C)c(C(=O)O)c(N)c12.O=CCN1CCOCC1. The van der Waals surface area contributed by atoms with Crippen LogP contribution in [-0.2, 0) is 14.3 Å². The van der Waals surface area contributed by atoms with Crippen molar-refractivity contribution in [1.29, 1.82) is 0 Å². The molecular formula is C27H44N4O6. The minimum absolute atomic E-state index is 0.0245. The number of nitrogens with zero attached hydrogens (tertiary/aromatic N) is 2. The Kier molecular flexibility index (Phi) is 14.7. The minimum atomic E-state index is -1.09. The number of likely N-dealkylation sites (N-methyl/N-ethyl adjacent to an activating group) is 1. The van der Waals surface area contributed by atoms with Crippen molar-refractivity contribution >= 4 is 28.8 Å². The molecule has 3 rings (SSSR count). The first kappa shape index (κ1) is 32.2. The Hall–Kier alpha value is -2.79. The topological polar surface area (TPSA) is 136 Å². The molecule has 2 heterocycles. The molecule has 0 unspecified atom stereocenters. The monoisotopic (exact) mass is 520 g/mol. The fraction of sp³-hybridized carbons (Fsp3) is 0.593. The number of ether oxygens (including phenoxy) is 3. The molecule has 10 heteroatoms. The predicted octanol–water partition coefficient (Wildman–Crippen LogP) is 3.15. The lowest BCUT2D eigenvalue weighted by Crippen LogP contribution is -2.42. The van der Waals surface area contributed by atoms with Gasteiger partial charge in [0.1, 0.15) is 24.2 Å². The number of nitrogens with two attached hydrogens (primary N) is 1. The number of nitrogen functional groups attached to an aromatic ring is 1. The standard InChI is InChI=1S/C16H21N3O3.C6H11NO2.C5H12O/c1-9-12(15(20)21)14(17)13-10(19-9)6-5-7-11(13)22-8-16(2,3)18-4;8-4-1-7-2-5-9-6-3-7;1-3-5-6-4-2/h5-7,18H,8H2,1-4H3,(H2,17,19)(H,20,21);4H,1-3,5-6H2;3-5H2,1-2H3. The molecule has 37 heavy (non-hydrogen) atoms. The lowest BCUT2D eigenvalue weighted by molar-refractivity contribution is -0.109. The summed E-state index contributed by atoms with van der Waals surface area (Å²) in [5.41, 5.74) is 7.09. The van der Waals surface area contributed by atoms with Gasteiger partial charge in [0, 0.05) is 31.8 Å². The van der Waals surface area contributed by atoms with Gasteiger partial charge in [0.15, 0.2) is 0 Å². The molecule has 0 bridgehead atoms. The molecule has 0 amide bonds. The van der Waals surface area contributed by atoms with Crippen molar-refractivity contribution in [2.24, 2.45) is 0 Å². The van der Waals surface area contributed by atoms with Crippen LogP contribution in [0, 0.1) is 6.92 Å². The van der Waals surface area contributed by atoms with Gasteiger partial charge in [0.25, 0.3) is 0 Å². The molecule has 0 saturated carbocycles. The minimum Gasteiger partial charge on any atom is -0.491 e. The average molecular weight is 521 g/mol. The Balaban J connectivity index is 0.000000373. The molecule has 0 atom stereocenters. The van der Waals surface area contributed by atoms with Crippen LogP contribution in [0.15, 0.2) is 18.2 Å². The number of aromatic carboxylic acids is 1. The van der Waals surface area contributed by atoms with Crippen molar-refractivity contribution < 1.29 is 28.9 Å². The summed E-state index contributed by atoms with van der Waals surface area (Å²) in [5, 5.41) is 13.0. The van der Waals surface area contributed by atoms with Gasteiger partial charge in [-0.15, -0.1) is 0 Å². The van der Waals surface area contributed by atoms with E-state index in [9.17, 15) is 14.7 Å². The van der Waals surface area contributed by atoms with E-state index in [-0.39, 0.29) is 16.8 Å². The number of carboxylic acid groups (broad SMARTS) is 1. The van der Waals surface area contributed by atoms with Crippen molar-refractivity contribution in [2.45, 2.75) is 46.6 Å². The first-order chi connectivity index (χ1) is 17.6. The van der Waals surface area contributed by atoms with Crippen LogP contribution in [0.5, 0.6) is 5.75 Å². The molecular weight excluding hydrogens is 476 g/mol. The molecule has 1 aliphatic heterocycles. The summed E-state index contributed by atoms with van der Waals surface area (Å²) in [6.45, 7) is 15.9. The Morgan fingerprint density at radius 3 is 2.49 bits per heavy atom. The number of aldehydes is 1. The Labute approximate surface area is 220 Å².